The summed E-state index contributed by atoms with van der Waals surface area (Å²) < 4.78 is 5.68. The Morgan fingerprint density at radius 2 is 2.13 bits per heavy atom. The Hall–Kier alpha value is -1.55. The monoisotopic (exact) mass is 315 g/mol. The van der Waals surface area contributed by atoms with Gasteiger partial charge in [0, 0.05) is 25.1 Å². The number of benzene rings is 1. The molecule has 1 aromatic rings. The normalized spacial score (nSPS) is 22.9. The zero-order chi connectivity index (χ0) is 16.1. The molecule has 4 nitrogen and oxygen atoms in total. The molecule has 0 radical (unpaired) electrons. The van der Waals surface area contributed by atoms with Crippen molar-refractivity contribution in [1.29, 1.82) is 0 Å². The summed E-state index contributed by atoms with van der Waals surface area (Å²) in [5.74, 6) is 0.919. The minimum Gasteiger partial charge on any atom is -0.376 e. The average Bonchev–Trinajstić information content (AvgIpc) is 3.16. The molecule has 1 aromatic carbocycles. The van der Waals surface area contributed by atoms with Gasteiger partial charge in [-0.05, 0) is 50.7 Å². The van der Waals surface area contributed by atoms with Crippen molar-refractivity contribution in [3.8, 4) is 0 Å². The van der Waals surface area contributed by atoms with Crippen LogP contribution >= 0.6 is 0 Å². The molecule has 1 unspecified atom stereocenters. The van der Waals surface area contributed by atoms with Gasteiger partial charge in [-0.25, -0.2) is 0 Å². The van der Waals surface area contributed by atoms with E-state index in [0.29, 0.717) is 6.10 Å². The Morgan fingerprint density at radius 1 is 1.30 bits per heavy atom. The molecule has 4 heteroatoms. The third-order valence-corrected chi connectivity index (χ3v) is 4.98. The third kappa shape index (κ3) is 4.05. The number of hydrogen-bond donors (Lipinski definition) is 2. The molecule has 1 aliphatic heterocycles. The second-order valence-electron chi connectivity index (χ2n) is 6.81. The molecule has 1 atom stereocenters. The second kappa shape index (κ2) is 7.35. The standard InChI is InChI=1S/C19H29N3O/c1-3-20-18(21-13-16-8-6-12-23-16)22-14-19(10-11-19)17-9-5-4-7-15(17)2/h4-5,7,9,16H,3,6,8,10-14H2,1-2H3,(H2,20,21,22). The van der Waals surface area contributed by atoms with E-state index in [-0.39, 0.29) is 5.41 Å². The van der Waals surface area contributed by atoms with Crippen LogP contribution in [0.1, 0.15) is 43.7 Å². The second-order valence-corrected chi connectivity index (χ2v) is 6.81. The molecule has 3 rings (SSSR count). The van der Waals surface area contributed by atoms with E-state index in [1.165, 1.54) is 30.4 Å². The predicted molar refractivity (Wildman–Crippen MR) is 95.0 cm³/mol. The van der Waals surface area contributed by atoms with E-state index in [9.17, 15) is 0 Å². The van der Waals surface area contributed by atoms with Crippen LogP contribution in [0.2, 0.25) is 0 Å². The molecular weight excluding hydrogens is 286 g/mol. The molecular formula is C19H29N3O. The molecule has 0 spiro atoms. The summed E-state index contributed by atoms with van der Waals surface area (Å²) in [6, 6.07) is 8.74. The molecule has 2 N–H and O–H groups in total. The first-order chi connectivity index (χ1) is 11.2. The van der Waals surface area contributed by atoms with Crippen LogP contribution in [-0.2, 0) is 10.2 Å². The van der Waals surface area contributed by atoms with Crippen molar-refractivity contribution in [3.05, 3.63) is 35.4 Å². The van der Waals surface area contributed by atoms with E-state index in [4.69, 9.17) is 9.73 Å². The van der Waals surface area contributed by atoms with Gasteiger partial charge in [0.15, 0.2) is 5.96 Å². The Bertz CT molecular complexity index is 545. The van der Waals surface area contributed by atoms with Crippen molar-refractivity contribution < 1.29 is 4.74 Å². The summed E-state index contributed by atoms with van der Waals surface area (Å²) in [6.45, 7) is 7.81. The molecule has 1 saturated heterocycles. The van der Waals surface area contributed by atoms with Crippen LogP contribution in [0.15, 0.2) is 29.3 Å². The fraction of sp³-hybridized carbons (Fsp3) is 0.632. The van der Waals surface area contributed by atoms with Crippen LogP contribution in [0.5, 0.6) is 0 Å². The van der Waals surface area contributed by atoms with Gasteiger partial charge in [0.25, 0.3) is 0 Å². The summed E-state index contributed by atoms with van der Waals surface area (Å²) in [5, 5.41) is 6.80. The number of aliphatic imine (C=N–C) groups is 1. The summed E-state index contributed by atoms with van der Waals surface area (Å²) in [7, 11) is 0. The maximum atomic E-state index is 5.68. The van der Waals surface area contributed by atoms with Crippen LogP contribution < -0.4 is 10.6 Å². The van der Waals surface area contributed by atoms with Gasteiger partial charge >= 0.3 is 0 Å². The lowest BCUT2D eigenvalue weighted by Crippen LogP contribution is -2.41. The summed E-state index contributed by atoms with van der Waals surface area (Å²) in [6.07, 6.45) is 5.15. The van der Waals surface area contributed by atoms with E-state index >= 15 is 0 Å². The van der Waals surface area contributed by atoms with Gasteiger partial charge in [-0.2, -0.15) is 0 Å². The van der Waals surface area contributed by atoms with Gasteiger partial charge in [-0.3, -0.25) is 4.99 Å². The van der Waals surface area contributed by atoms with Gasteiger partial charge in [0.2, 0.25) is 0 Å². The van der Waals surface area contributed by atoms with Crippen LogP contribution in [0.3, 0.4) is 0 Å². The average molecular weight is 315 g/mol. The highest BCUT2D eigenvalue weighted by atomic mass is 16.5. The van der Waals surface area contributed by atoms with E-state index in [2.05, 4.69) is 48.7 Å². The van der Waals surface area contributed by atoms with Crippen molar-refractivity contribution >= 4 is 5.96 Å². The predicted octanol–water partition coefficient (Wildman–Crippen LogP) is 2.76. The van der Waals surface area contributed by atoms with Crippen molar-refractivity contribution in [2.24, 2.45) is 4.99 Å². The van der Waals surface area contributed by atoms with Gasteiger partial charge in [0.1, 0.15) is 0 Å². The van der Waals surface area contributed by atoms with Crippen LogP contribution in [0, 0.1) is 6.92 Å². The lowest BCUT2D eigenvalue weighted by molar-refractivity contribution is 0.114. The third-order valence-electron chi connectivity index (χ3n) is 4.98. The van der Waals surface area contributed by atoms with Gasteiger partial charge in [0.05, 0.1) is 12.6 Å². The first-order valence-corrected chi connectivity index (χ1v) is 8.93. The highest BCUT2D eigenvalue weighted by molar-refractivity contribution is 5.79. The van der Waals surface area contributed by atoms with Crippen molar-refractivity contribution in [2.45, 2.75) is 51.0 Å². The Morgan fingerprint density at radius 3 is 2.78 bits per heavy atom. The first-order valence-electron chi connectivity index (χ1n) is 8.93. The fourth-order valence-electron chi connectivity index (χ4n) is 3.42. The highest BCUT2D eigenvalue weighted by Crippen LogP contribution is 2.49. The highest BCUT2D eigenvalue weighted by Gasteiger charge is 2.44. The molecule has 0 aromatic heterocycles. The molecule has 2 aliphatic rings. The van der Waals surface area contributed by atoms with Crippen LogP contribution in [-0.4, -0.2) is 38.3 Å². The van der Waals surface area contributed by atoms with E-state index in [1.54, 1.807) is 0 Å². The van der Waals surface area contributed by atoms with Crippen LogP contribution in [0.25, 0.3) is 0 Å². The smallest absolute Gasteiger partial charge is 0.191 e. The zero-order valence-corrected chi connectivity index (χ0v) is 14.4. The number of nitrogens with one attached hydrogen (secondary N) is 2. The molecule has 0 bridgehead atoms. The number of hydrogen-bond acceptors (Lipinski definition) is 2. The van der Waals surface area contributed by atoms with E-state index in [1.807, 2.05) is 0 Å². The molecule has 1 heterocycles. The molecule has 126 valence electrons. The van der Waals surface area contributed by atoms with Gasteiger partial charge in [-0.1, -0.05) is 24.3 Å². The van der Waals surface area contributed by atoms with Crippen molar-refractivity contribution in [1.82, 2.24) is 10.6 Å². The summed E-state index contributed by atoms with van der Waals surface area (Å²) in [4.78, 5) is 4.86. The number of rotatable bonds is 6. The number of nitrogens with zero attached hydrogens (tertiary/aromatic N) is 1. The quantitative estimate of drug-likeness (QED) is 0.627. The SMILES string of the molecule is CCNC(=NCC1(c2ccccc2C)CC1)NCC1CCCO1. The maximum Gasteiger partial charge on any atom is 0.191 e. The van der Waals surface area contributed by atoms with Gasteiger partial charge in [-0.15, -0.1) is 0 Å². The minimum absolute atomic E-state index is 0.261. The molecule has 2 fully saturated rings. The van der Waals surface area contributed by atoms with E-state index in [0.717, 1.165) is 38.6 Å². The molecule has 0 amide bonds. The number of aryl methyl sites for hydroxylation is 1. The number of ether oxygens (including phenoxy) is 1. The summed E-state index contributed by atoms with van der Waals surface area (Å²) in [5.41, 5.74) is 3.12. The van der Waals surface area contributed by atoms with Crippen molar-refractivity contribution in [3.63, 3.8) is 0 Å². The lowest BCUT2D eigenvalue weighted by Gasteiger charge is -2.18. The van der Waals surface area contributed by atoms with E-state index < -0.39 is 0 Å². The topological polar surface area (TPSA) is 45.7 Å². The van der Waals surface area contributed by atoms with Crippen LogP contribution in [0.4, 0.5) is 0 Å². The van der Waals surface area contributed by atoms with Crippen molar-refractivity contribution in [2.75, 3.05) is 26.2 Å². The number of guanidine groups is 1. The Labute approximate surface area is 139 Å². The maximum absolute atomic E-state index is 5.68. The zero-order valence-electron chi connectivity index (χ0n) is 14.4. The Balaban J connectivity index is 1.62. The fourth-order valence-corrected chi connectivity index (χ4v) is 3.42. The Kier molecular flexibility index (Phi) is 5.21. The summed E-state index contributed by atoms with van der Waals surface area (Å²) >= 11 is 0. The largest absolute Gasteiger partial charge is 0.376 e. The molecule has 23 heavy (non-hydrogen) atoms. The first kappa shape index (κ1) is 16.3. The molecule has 1 aliphatic carbocycles. The minimum atomic E-state index is 0.261. The molecule has 1 saturated carbocycles. The van der Waals surface area contributed by atoms with Gasteiger partial charge < -0.3 is 15.4 Å². The lowest BCUT2D eigenvalue weighted by atomic mass is 9.92.